The summed E-state index contributed by atoms with van der Waals surface area (Å²) in [6.45, 7) is 1.97. The van der Waals surface area contributed by atoms with Crippen LogP contribution in [0.1, 0.15) is 12.5 Å². The minimum Gasteiger partial charge on any atom is -0.490 e. The lowest BCUT2D eigenvalue weighted by atomic mass is 10.1. The van der Waals surface area contributed by atoms with E-state index in [4.69, 9.17) is 21.7 Å². The predicted molar refractivity (Wildman–Crippen MR) is 140 cm³/mol. The van der Waals surface area contributed by atoms with Crippen LogP contribution in [0.25, 0.3) is 6.08 Å². The van der Waals surface area contributed by atoms with Crippen LogP contribution in [0.5, 0.6) is 11.5 Å². The summed E-state index contributed by atoms with van der Waals surface area (Å²) in [5.41, 5.74) is 1.91. The van der Waals surface area contributed by atoms with Gasteiger partial charge in [0, 0.05) is 5.69 Å². The summed E-state index contributed by atoms with van der Waals surface area (Å²) in [7, 11) is 0. The second-order valence-corrected chi connectivity index (χ2v) is 9.01. The predicted octanol–water partition coefficient (Wildman–Crippen LogP) is 5.65. The molecule has 35 heavy (non-hydrogen) atoms. The van der Waals surface area contributed by atoms with E-state index in [-0.39, 0.29) is 18.3 Å². The quantitative estimate of drug-likeness (QED) is 0.313. The molecule has 3 aromatic carbocycles. The largest absolute Gasteiger partial charge is 0.490 e. The Bertz CT molecular complexity index is 1280. The van der Waals surface area contributed by atoms with Crippen molar-refractivity contribution in [2.75, 3.05) is 23.4 Å². The van der Waals surface area contributed by atoms with Gasteiger partial charge in [0.2, 0.25) is 0 Å². The molecule has 0 unspecified atom stereocenters. The number of benzene rings is 3. The van der Waals surface area contributed by atoms with Crippen molar-refractivity contribution in [1.29, 1.82) is 0 Å². The van der Waals surface area contributed by atoms with E-state index in [0.717, 1.165) is 11.3 Å². The van der Waals surface area contributed by atoms with Gasteiger partial charge in [-0.1, -0.05) is 48.2 Å². The summed E-state index contributed by atoms with van der Waals surface area (Å²) in [5.74, 6) is -0.151. The number of thiocarbonyl (C=S) groups is 1. The maximum absolute atomic E-state index is 13.0. The Balaban J connectivity index is 1.46. The van der Waals surface area contributed by atoms with Gasteiger partial charge < -0.3 is 14.8 Å². The van der Waals surface area contributed by atoms with Crippen LogP contribution in [0.15, 0.2) is 77.7 Å². The number of nitrogens with one attached hydrogen (secondary N) is 1. The number of amides is 2. The minimum absolute atomic E-state index is 0.193. The number of hydrogen-bond acceptors (Lipinski definition) is 6. The molecule has 0 spiro atoms. The highest BCUT2D eigenvalue weighted by Crippen LogP contribution is 2.37. The zero-order valence-corrected chi connectivity index (χ0v) is 20.3. The summed E-state index contributed by atoms with van der Waals surface area (Å²) >= 11 is 6.65. The van der Waals surface area contributed by atoms with Crippen LogP contribution < -0.4 is 19.7 Å². The maximum Gasteiger partial charge on any atom is 0.270 e. The van der Waals surface area contributed by atoms with Crippen LogP contribution >= 0.6 is 24.0 Å². The fourth-order valence-electron chi connectivity index (χ4n) is 3.29. The van der Waals surface area contributed by atoms with Gasteiger partial charge in [-0.15, -0.1) is 0 Å². The third kappa shape index (κ3) is 6.06. The first-order chi connectivity index (χ1) is 16.9. The molecule has 1 fully saturated rings. The van der Waals surface area contributed by atoms with Crippen molar-refractivity contribution in [3.8, 4) is 11.5 Å². The summed E-state index contributed by atoms with van der Waals surface area (Å²) in [4.78, 5) is 27.2. The van der Waals surface area contributed by atoms with Gasteiger partial charge in [-0.2, -0.15) is 0 Å². The number of para-hydroxylation sites is 1. The molecule has 2 amide bonds. The van der Waals surface area contributed by atoms with Crippen LogP contribution in [0.3, 0.4) is 0 Å². The Kier molecular flexibility index (Phi) is 7.79. The van der Waals surface area contributed by atoms with Crippen LogP contribution in [-0.2, 0) is 9.59 Å². The summed E-state index contributed by atoms with van der Waals surface area (Å²) in [6.07, 6.45) is 1.75. The highest BCUT2D eigenvalue weighted by molar-refractivity contribution is 8.27. The molecule has 1 aliphatic heterocycles. The van der Waals surface area contributed by atoms with Gasteiger partial charge >= 0.3 is 0 Å². The first kappa shape index (κ1) is 24.4. The summed E-state index contributed by atoms with van der Waals surface area (Å²) in [5, 5.41) is 2.64. The van der Waals surface area contributed by atoms with Gasteiger partial charge in [-0.3, -0.25) is 14.5 Å². The SMILES string of the molecule is CCOc1cc(/C=C2\SC(=S)N(c3ccccc3)C2=O)ccc1OCC(=O)Nc1ccc(F)cc1. The molecule has 0 aliphatic carbocycles. The molecule has 1 heterocycles. The first-order valence-electron chi connectivity index (χ1n) is 10.7. The molecule has 3 aromatic rings. The Morgan fingerprint density at radius 1 is 1.06 bits per heavy atom. The fourth-order valence-corrected chi connectivity index (χ4v) is 4.59. The van der Waals surface area contributed by atoms with Crippen molar-refractivity contribution in [2.24, 2.45) is 0 Å². The Morgan fingerprint density at radius 2 is 1.80 bits per heavy atom. The Hall–Kier alpha value is -3.69. The molecule has 0 radical (unpaired) electrons. The minimum atomic E-state index is -0.396. The number of carbonyl (C=O) groups is 2. The zero-order chi connectivity index (χ0) is 24.8. The molecule has 0 atom stereocenters. The van der Waals surface area contributed by atoms with Crippen LogP contribution in [-0.4, -0.2) is 29.3 Å². The van der Waals surface area contributed by atoms with Crippen molar-refractivity contribution in [1.82, 2.24) is 0 Å². The van der Waals surface area contributed by atoms with Gasteiger partial charge in [0.05, 0.1) is 17.2 Å². The van der Waals surface area contributed by atoms with E-state index < -0.39 is 5.91 Å². The highest BCUT2D eigenvalue weighted by atomic mass is 32.2. The molecule has 4 rings (SSSR count). The van der Waals surface area contributed by atoms with Crippen molar-refractivity contribution in [3.05, 3.63) is 89.1 Å². The number of ether oxygens (including phenoxy) is 2. The van der Waals surface area contributed by atoms with E-state index in [1.54, 1.807) is 24.3 Å². The number of nitrogens with zero attached hydrogens (tertiary/aromatic N) is 1. The van der Waals surface area contributed by atoms with E-state index in [2.05, 4.69) is 5.32 Å². The molecule has 1 saturated heterocycles. The fraction of sp³-hybridized carbons (Fsp3) is 0.115. The van der Waals surface area contributed by atoms with E-state index >= 15 is 0 Å². The van der Waals surface area contributed by atoms with E-state index in [1.165, 1.54) is 40.9 Å². The van der Waals surface area contributed by atoms with Gasteiger partial charge in [0.1, 0.15) is 5.82 Å². The number of hydrogen-bond donors (Lipinski definition) is 1. The number of carbonyl (C=O) groups excluding carboxylic acids is 2. The molecule has 178 valence electrons. The van der Waals surface area contributed by atoms with Crippen molar-refractivity contribution >= 4 is 57.6 Å². The van der Waals surface area contributed by atoms with Crippen LogP contribution in [0, 0.1) is 5.82 Å². The second-order valence-electron chi connectivity index (χ2n) is 7.34. The number of anilines is 2. The van der Waals surface area contributed by atoms with Gasteiger partial charge in [-0.25, -0.2) is 4.39 Å². The highest BCUT2D eigenvalue weighted by Gasteiger charge is 2.33. The molecule has 0 bridgehead atoms. The summed E-state index contributed by atoms with van der Waals surface area (Å²) in [6, 6.07) is 19.9. The molecule has 1 aliphatic rings. The second kappa shape index (κ2) is 11.2. The Labute approximate surface area is 211 Å². The lowest BCUT2D eigenvalue weighted by Gasteiger charge is -2.14. The number of halogens is 1. The van der Waals surface area contributed by atoms with Gasteiger partial charge in [0.15, 0.2) is 22.4 Å². The molecule has 0 aromatic heterocycles. The van der Waals surface area contributed by atoms with Crippen LogP contribution in [0.4, 0.5) is 15.8 Å². The van der Waals surface area contributed by atoms with Gasteiger partial charge in [0.25, 0.3) is 11.8 Å². The normalized spacial score (nSPS) is 14.3. The number of rotatable bonds is 8. The van der Waals surface area contributed by atoms with E-state index in [1.807, 2.05) is 37.3 Å². The van der Waals surface area contributed by atoms with E-state index in [0.29, 0.717) is 33.0 Å². The third-order valence-electron chi connectivity index (χ3n) is 4.86. The van der Waals surface area contributed by atoms with E-state index in [9.17, 15) is 14.0 Å². The Morgan fingerprint density at radius 3 is 2.51 bits per heavy atom. The van der Waals surface area contributed by atoms with Crippen molar-refractivity contribution < 1.29 is 23.5 Å². The average Bonchev–Trinajstić information content (AvgIpc) is 3.13. The lowest BCUT2D eigenvalue weighted by Crippen LogP contribution is -2.27. The zero-order valence-electron chi connectivity index (χ0n) is 18.7. The molecular weight excluding hydrogens is 487 g/mol. The standard InChI is InChI=1S/C26H21FN2O4S2/c1-2-32-22-14-17(15-23-25(31)29(26(34)35-23)20-6-4-3-5-7-20)8-13-21(22)33-16-24(30)28-19-11-9-18(27)10-12-19/h3-15H,2,16H2,1H3,(H,28,30)/b23-15-. The molecule has 9 heteroatoms. The van der Waals surface area contributed by atoms with Crippen molar-refractivity contribution in [2.45, 2.75) is 6.92 Å². The monoisotopic (exact) mass is 508 g/mol. The first-order valence-corrected chi connectivity index (χ1v) is 11.9. The summed E-state index contributed by atoms with van der Waals surface area (Å²) < 4.78 is 24.8. The third-order valence-corrected chi connectivity index (χ3v) is 6.16. The maximum atomic E-state index is 13.0. The smallest absolute Gasteiger partial charge is 0.270 e. The average molecular weight is 509 g/mol. The van der Waals surface area contributed by atoms with Crippen LogP contribution in [0.2, 0.25) is 0 Å². The lowest BCUT2D eigenvalue weighted by molar-refractivity contribution is -0.118. The van der Waals surface area contributed by atoms with Crippen molar-refractivity contribution in [3.63, 3.8) is 0 Å². The molecule has 0 saturated carbocycles. The topological polar surface area (TPSA) is 67.9 Å². The van der Waals surface area contributed by atoms with Gasteiger partial charge in [-0.05, 0) is 67.1 Å². The molecular formula is C26H21FN2O4S2. The molecule has 6 nitrogen and oxygen atoms in total. The molecule has 1 N–H and O–H groups in total. The number of thioether (sulfide) groups is 1.